The van der Waals surface area contributed by atoms with Crippen LogP contribution in [0.1, 0.15) is 200 Å². The first-order chi connectivity index (χ1) is 31.5. The van der Waals surface area contributed by atoms with E-state index in [2.05, 4.69) is 98.9 Å². The molecule has 0 spiro atoms. The van der Waals surface area contributed by atoms with Crippen molar-refractivity contribution in [2.45, 2.75) is 206 Å². The van der Waals surface area contributed by atoms with Crippen molar-refractivity contribution in [1.82, 2.24) is 0 Å². The number of carbonyl (C=O) groups is 2. The van der Waals surface area contributed by atoms with E-state index < -0.39 is 26.5 Å². The van der Waals surface area contributed by atoms with Gasteiger partial charge in [-0.05, 0) is 89.9 Å². The summed E-state index contributed by atoms with van der Waals surface area (Å²) in [5.41, 5.74) is 0. The molecule has 0 aromatic carbocycles. The topological polar surface area (TPSA) is 108 Å². The number of hydrogen-bond acceptors (Lipinski definition) is 7. The van der Waals surface area contributed by atoms with Crippen LogP contribution in [0.2, 0.25) is 0 Å². The van der Waals surface area contributed by atoms with Gasteiger partial charge in [-0.25, -0.2) is 4.57 Å². The highest BCUT2D eigenvalue weighted by molar-refractivity contribution is 7.47. The number of hydrogen-bond donors (Lipinski definition) is 1. The van der Waals surface area contributed by atoms with Crippen LogP contribution in [0, 0.1) is 0 Å². The molecule has 0 radical (unpaired) electrons. The van der Waals surface area contributed by atoms with Crippen LogP contribution < -0.4 is 0 Å². The van der Waals surface area contributed by atoms with Crippen molar-refractivity contribution in [2.75, 3.05) is 47.5 Å². The van der Waals surface area contributed by atoms with Crippen molar-refractivity contribution in [3.8, 4) is 0 Å². The fourth-order valence-electron chi connectivity index (χ4n) is 6.66. The number of phosphoric ester groups is 1. The molecule has 0 fully saturated rings. The zero-order valence-electron chi connectivity index (χ0n) is 42.2. The number of esters is 2. The summed E-state index contributed by atoms with van der Waals surface area (Å²) in [6.45, 7) is 4.27. The molecule has 0 aromatic heterocycles. The summed E-state index contributed by atoms with van der Waals surface area (Å²) in [6, 6.07) is 0. The van der Waals surface area contributed by atoms with Crippen molar-refractivity contribution < 1.29 is 42.1 Å². The highest BCUT2D eigenvalue weighted by Gasteiger charge is 2.27. The van der Waals surface area contributed by atoms with Gasteiger partial charge in [-0.2, -0.15) is 0 Å². The monoisotopic (exact) mass is 931 g/mol. The summed E-state index contributed by atoms with van der Waals surface area (Å²) < 4.78 is 34.4. The molecule has 1 N–H and O–H groups in total. The summed E-state index contributed by atoms with van der Waals surface area (Å²) in [5.74, 6) is -0.825. The molecule has 0 amide bonds. The zero-order chi connectivity index (χ0) is 47.8. The molecular formula is C55H97NO8P+. The number of phosphoric acid groups is 1. The van der Waals surface area contributed by atoms with E-state index in [1.54, 1.807) is 0 Å². The highest BCUT2D eigenvalue weighted by Crippen LogP contribution is 2.43. The van der Waals surface area contributed by atoms with E-state index in [4.69, 9.17) is 18.5 Å². The first-order valence-corrected chi connectivity index (χ1v) is 27.3. The molecule has 0 rings (SSSR count). The highest BCUT2D eigenvalue weighted by atomic mass is 31.2. The van der Waals surface area contributed by atoms with E-state index in [1.165, 1.54) is 64.2 Å². The van der Waals surface area contributed by atoms with Crippen molar-refractivity contribution in [2.24, 2.45) is 0 Å². The Morgan fingerprint density at radius 1 is 0.492 bits per heavy atom. The summed E-state index contributed by atoms with van der Waals surface area (Å²) in [5, 5.41) is 0. The molecule has 0 aromatic rings. The Labute approximate surface area is 399 Å². The maximum absolute atomic E-state index is 12.8. The number of quaternary nitrogens is 1. The average Bonchev–Trinajstić information content (AvgIpc) is 3.26. The number of carbonyl (C=O) groups excluding carboxylic acids is 2. The van der Waals surface area contributed by atoms with E-state index in [1.807, 2.05) is 21.1 Å². The van der Waals surface area contributed by atoms with Gasteiger partial charge in [0.05, 0.1) is 27.7 Å². The summed E-state index contributed by atoms with van der Waals surface area (Å²) in [6.07, 6.45) is 60.6. The minimum atomic E-state index is -4.39. The average molecular weight is 931 g/mol. The predicted octanol–water partition coefficient (Wildman–Crippen LogP) is 15.5. The van der Waals surface area contributed by atoms with E-state index in [9.17, 15) is 19.0 Å². The molecule has 0 aliphatic heterocycles. The summed E-state index contributed by atoms with van der Waals surface area (Å²) in [7, 11) is 1.45. The molecule has 0 bridgehead atoms. The maximum atomic E-state index is 12.8. The lowest BCUT2D eigenvalue weighted by Gasteiger charge is -2.24. The summed E-state index contributed by atoms with van der Waals surface area (Å²) >= 11 is 0. The third kappa shape index (κ3) is 50.4. The smallest absolute Gasteiger partial charge is 0.462 e. The Balaban J connectivity index is 4.28. The molecular weight excluding hydrogens is 834 g/mol. The lowest BCUT2D eigenvalue weighted by Crippen LogP contribution is -2.37. The Hall–Kier alpha value is -2.81. The molecule has 0 saturated heterocycles. The van der Waals surface area contributed by atoms with Gasteiger partial charge in [-0.1, -0.05) is 182 Å². The van der Waals surface area contributed by atoms with Gasteiger partial charge in [0.15, 0.2) is 6.10 Å². The molecule has 2 unspecified atom stereocenters. The van der Waals surface area contributed by atoms with Crippen LogP contribution in [-0.2, 0) is 32.7 Å². The molecule has 10 heteroatoms. The second-order valence-electron chi connectivity index (χ2n) is 18.2. The van der Waals surface area contributed by atoms with Crippen molar-refractivity contribution in [3.05, 3.63) is 85.1 Å². The van der Waals surface area contributed by atoms with Crippen molar-refractivity contribution in [3.63, 3.8) is 0 Å². The van der Waals surface area contributed by atoms with Crippen LogP contribution in [0.25, 0.3) is 0 Å². The van der Waals surface area contributed by atoms with Gasteiger partial charge in [0.2, 0.25) is 0 Å². The number of allylic oxidation sites excluding steroid dienone is 14. The fraction of sp³-hybridized carbons (Fsp3) is 0.709. The van der Waals surface area contributed by atoms with E-state index >= 15 is 0 Å². The number of rotatable bonds is 46. The normalized spacial score (nSPS) is 14.1. The van der Waals surface area contributed by atoms with Crippen molar-refractivity contribution in [1.29, 1.82) is 0 Å². The molecule has 0 heterocycles. The fourth-order valence-corrected chi connectivity index (χ4v) is 7.40. The van der Waals surface area contributed by atoms with Crippen LogP contribution in [-0.4, -0.2) is 74.9 Å². The second kappa shape index (κ2) is 46.3. The molecule has 0 aliphatic carbocycles. The third-order valence-electron chi connectivity index (χ3n) is 10.7. The van der Waals surface area contributed by atoms with Gasteiger partial charge in [0.1, 0.15) is 19.8 Å². The number of nitrogens with zero attached hydrogens (tertiary/aromatic N) is 1. The Morgan fingerprint density at radius 2 is 0.877 bits per heavy atom. The standard InChI is InChI=1S/C55H96NO8P/c1-6-8-10-12-14-16-18-20-22-24-25-26-27-28-29-30-31-32-34-36-38-40-42-44-46-48-55(58)64-53(52-63-65(59,60)62-50-49-56(3,4)5)51-61-54(57)47-45-43-41-39-37-35-33-23-21-19-17-15-13-11-9-7-2/h8,10,14,16-17,19-20,22-23,25-26,28-29,33,53H,6-7,9,11-13,15,18,21,24,27,30-32,34-52H2,1-5H3/p+1/b10-8-,16-14-,19-17-,22-20-,26-25-,29-28-,33-23-. The minimum absolute atomic E-state index is 0.0239. The molecule has 2 atom stereocenters. The Kier molecular flexibility index (Phi) is 44.3. The predicted molar refractivity (Wildman–Crippen MR) is 275 cm³/mol. The lowest BCUT2D eigenvalue weighted by molar-refractivity contribution is -0.870. The van der Waals surface area contributed by atoms with E-state index in [0.717, 1.165) is 103 Å². The second-order valence-corrected chi connectivity index (χ2v) is 19.6. The number of unbranched alkanes of at least 4 members (excludes halogenated alkanes) is 18. The van der Waals surface area contributed by atoms with Gasteiger partial charge in [0.25, 0.3) is 0 Å². The number of likely N-dealkylation sites (N-methyl/N-ethyl adjacent to an activating group) is 1. The van der Waals surface area contributed by atoms with Gasteiger partial charge in [-0.15, -0.1) is 0 Å². The Morgan fingerprint density at radius 3 is 1.31 bits per heavy atom. The minimum Gasteiger partial charge on any atom is -0.462 e. The maximum Gasteiger partial charge on any atom is 0.472 e. The quantitative estimate of drug-likeness (QED) is 0.0211. The molecule has 0 aliphatic rings. The zero-order valence-corrected chi connectivity index (χ0v) is 43.1. The third-order valence-corrected chi connectivity index (χ3v) is 11.6. The van der Waals surface area contributed by atoms with E-state index in [-0.39, 0.29) is 32.0 Å². The lowest BCUT2D eigenvalue weighted by atomic mass is 10.1. The van der Waals surface area contributed by atoms with Gasteiger partial charge in [0, 0.05) is 12.8 Å². The largest absolute Gasteiger partial charge is 0.472 e. The Bertz CT molecular complexity index is 1380. The van der Waals surface area contributed by atoms with E-state index in [0.29, 0.717) is 17.4 Å². The number of ether oxygens (including phenoxy) is 2. The van der Waals surface area contributed by atoms with Crippen LogP contribution >= 0.6 is 7.82 Å². The molecule has 65 heavy (non-hydrogen) atoms. The van der Waals surface area contributed by atoms with Crippen LogP contribution in [0.4, 0.5) is 0 Å². The van der Waals surface area contributed by atoms with Crippen molar-refractivity contribution >= 4 is 19.8 Å². The molecule has 9 nitrogen and oxygen atoms in total. The van der Waals surface area contributed by atoms with Gasteiger partial charge < -0.3 is 18.9 Å². The molecule has 374 valence electrons. The van der Waals surface area contributed by atoms with Crippen LogP contribution in [0.5, 0.6) is 0 Å². The summed E-state index contributed by atoms with van der Waals surface area (Å²) in [4.78, 5) is 35.6. The van der Waals surface area contributed by atoms with Crippen LogP contribution in [0.15, 0.2) is 85.1 Å². The first-order valence-electron chi connectivity index (χ1n) is 25.8. The van der Waals surface area contributed by atoms with Gasteiger partial charge in [-0.3, -0.25) is 18.6 Å². The SMILES string of the molecule is CC/C=C\C/C=C\C/C=C\C/C=C\C/C=C\CCCCCCCCCCCC(=O)OC(COC(=O)CCCCCCC/C=C\C/C=C\CCCCCC)COP(=O)(O)OCC[N+](C)(C)C. The van der Waals surface area contributed by atoms with Gasteiger partial charge >= 0.3 is 19.8 Å². The first kappa shape index (κ1) is 62.2. The van der Waals surface area contributed by atoms with Crippen LogP contribution in [0.3, 0.4) is 0 Å². The molecule has 0 saturated carbocycles.